The van der Waals surface area contributed by atoms with Crippen molar-refractivity contribution < 1.29 is 19.4 Å². The number of carboxylic acid groups (broad SMARTS) is 1. The molecule has 0 aliphatic carbocycles. The third-order valence-electron chi connectivity index (χ3n) is 2.49. The molecule has 2 aromatic carbocycles. The van der Waals surface area contributed by atoms with Gasteiger partial charge in [-0.05, 0) is 39.7 Å². The fraction of sp³-hybridized carbons (Fsp3) is 0. The lowest BCUT2D eigenvalue weighted by Crippen LogP contribution is -1.97. The average Bonchev–Trinajstić information content (AvgIpc) is 2.33. The van der Waals surface area contributed by atoms with Crippen LogP contribution in [0.15, 0.2) is 40.9 Å². The third kappa shape index (κ3) is 2.22. The Kier molecular flexibility index (Phi) is 3.34. The number of hydrogen-bond acceptors (Lipinski definition) is 2. The molecule has 0 amide bonds. The molecule has 0 bridgehead atoms. The fourth-order valence-electron chi connectivity index (χ4n) is 1.60. The molecule has 5 heteroatoms. The van der Waals surface area contributed by atoms with Crippen molar-refractivity contribution in [3.05, 3.63) is 52.3 Å². The van der Waals surface area contributed by atoms with E-state index in [1.807, 2.05) is 0 Å². The first-order valence-electron chi connectivity index (χ1n) is 5.01. The number of aromatic hydroxyl groups is 1. The van der Waals surface area contributed by atoms with Gasteiger partial charge in [0, 0.05) is 5.56 Å². The number of carboxylic acids is 1. The van der Waals surface area contributed by atoms with Crippen LogP contribution in [0.3, 0.4) is 0 Å². The zero-order valence-corrected chi connectivity index (χ0v) is 10.6. The highest BCUT2D eigenvalue weighted by Gasteiger charge is 2.13. The monoisotopic (exact) mass is 310 g/mol. The minimum atomic E-state index is -1.26. The standard InChI is InChI=1S/C13H8BrFO3/c14-10-3-1-2-8(12(10)15)7-4-5-11(16)9(6-7)13(17)18/h1-6,16H,(H,17,18). The normalized spacial score (nSPS) is 10.3. The molecule has 2 N–H and O–H groups in total. The molecule has 2 aromatic rings. The molecule has 3 nitrogen and oxygen atoms in total. The van der Waals surface area contributed by atoms with Crippen molar-refractivity contribution in [2.24, 2.45) is 0 Å². The van der Waals surface area contributed by atoms with Crippen LogP contribution in [0, 0.1) is 5.82 Å². The Morgan fingerprint density at radius 3 is 2.61 bits per heavy atom. The molecule has 0 aromatic heterocycles. The van der Waals surface area contributed by atoms with Crippen LogP contribution in [-0.4, -0.2) is 16.2 Å². The summed E-state index contributed by atoms with van der Waals surface area (Å²) < 4.78 is 14.2. The van der Waals surface area contributed by atoms with Crippen molar-refractivity contribution in [1.82, 2.24) is 0 Å². The summed E-state index contributed by atoms with van der Waals surface area (Å²) in [7, 11) is 0. The Hall–Kier alpha value is -1.88. The van der Waals surface area contributed by atoms with Crippen LogP contribution in [0.1, 0.15) is 10.4 Å². The van der Waals surface area contributed by atoms with Gasteiger partial charge in [-0.25, -0.2) is 9.18 Å². The van der Waals surface area contributed by atoms with Gasteiger partial charge in [0.1, 0.15) is 17.1 Å². The number of hydrogen-bond donors (Lipinski definition) is 2. The van der Waals surface area contributed by atoms with Gasteiger partial charge < -0.3 is 10.2 Å². The number of carbonyl (C=O) groups is 1. The quantitative estimate of drug-likeness (QED) is 0.890. The van der Waals surface area contributed by atoms with E-state index in [9.17, 15) is 14.3 Å². The van der Waals surface area contributed by atoms with Crippen LogP contribution in [0.2, 0.25) is 0 Å². The molecule has 0 radical (unpaired) electrons. The minimum Gasteiger partial charge on any atom is -0.507 e. The van der Waals surface area contributed by atoms with Gasteiger partial charge in [0.05, 0.1) is 4.47 Å². The van der Waals surface area contributed by atoms with E-state index in [0.29, 0.717) is 10.0 Å². The lowest BCUT2D eigenvalue weighted by atomic mass is 10.0. The van der Waals surface area contributed by atoms with E-state index < -0.39 is 11.8 Å². The van der Waals surface area contributed by atoms with Crippen LogP contribution in [0.4, 0.5) is 4.39 Å². The summed E-state index contributed by atoms with van der Waals surface area (Å²) in [5, 5.41) is 18.3. The van der Waals surface area contributed by atoms with Gasteiger partial charge >= 0.3 is 5.97 Å². The van der Waals surface area contributed by atoms with Gasteiger partial charge in [0.25, 0.3) is 0 Å². The zero-order valence-electron chi connectivity index (χ0n) is 9.02. The molecule has 0 fully saturated rings. The number of rotatable bonds is 2. The Morgan fingerprint density at radius 2 is 1.94 bits per heavy atom. The Labute approximate surface area is 111 Å². The predicted octanol–water partition coefficient (Wildman–Crippen LogP) is 3.66. The SMILES string of the molecule is O=C(O)c1cc(-c2cccc(Br)c2F)ccc1O. The first-order chi connectivity index (χ1) is 8.50. The molecular weight excluding hydrogens is 303 g/mol. The molecular formula is C13H8BrFO3. The van der Waals surface area contributed by atoms with Crippen molar-refractivity contribution >= 4 is 21.9 Å². The highest BCUT2D eigenvalue weighted by Crippen LogP contribution is 2.30. The van der Waals surface area contributed by atoms with Gasteiger partial charge in [-0.2, -0.15) is 0 Å². The van der Waals surface area contributed by atoms with Crippen molar-refractivity contribution in [1.29, 1.82) is 0 Å². The van der Waals surface area contributed by atoms with Gasteiger partial charge in [-0.3, -0.25) is 0 Å². The smallest absolute Gasteiger partial charge is 0.339 e. The largest absolute Gasteiger partial charge is 0.507 e. The van der Waals surface area contributed by atoms with Crippen LogP contribution in [0.5, 0.6) is 5.75 Å². The van der Waals surface area contributed by atoms with Crippen molar-refractivity contribution in [2.75, 3.05) is 0 Å². The molecule has 18 heavy (non-hydrogen) atoms. The van der Waals surface area contributed by atoms with Crippen molar-refractivity contribution in [3.8, 4) is 16.9 Å². The topological polar surface area (TPSA) is 57.5 Å². The second-order valence-corrected chi connectivity index (χ2v) is 4.49. The van der Waals surface area contributed by atoms with E-state index in [0.717, 1.165) is 0 Å². The van der Waals surface area contributed by atoms with Gasteiger partial charge in [0.15, 0.2) is 0 Å². The molecule has 0 heterocycles. The minimum absolute atomic E-state index is 0.258. The average molecular weight is 311 g/mol. The lowest BCUT2D eigenvalue weighted by molar-refractivity contribution is 0.0694. The highest BCUT2D eigenvalue weighted by molar-refractivity contribution is 9.10. The molecule has 0 saturated heterocycles. The number of phenols is 1. The first-order valence-corrected chi connectivity index (χ1v) is 5.80. The molecule has 0 saturated carbocycles. The van der Waals surface area contributed by atoms with Crippen molar-refractivity contribution in [2.45, 2.75) is 0 Å². The Balaban J connectivity index is 2.62. The van der Waals surface area contributed by atoms with Gasteiger partial charge in [0.2, 0.25) is 0 Å². The summed E-state index contributed by atoms with van der Waals surface area (Å²) in [5.74, 6) is -2.08. The second kappa shape index (κ2) is 4.78. The number of aromatic carboxylic acids is 1. The van der Waals surface area contributed by atoms with E-state index in [4.69, 9.17) is 5.11 Å². The maximum atomic E-state index is 13.9. The summed E-state index contributed by atoms with van der Waals surface area (Å²) in [6, 6.07) is 8.68. The van der Waals surface area contributed by atoms with Crippen LogP contribution in [-0.2, 0) is 0 Å². The van der Waals surface area contributed by atoms with E-state index >= 15 is 0 Å². The van der Waals surface area contributed by atoms with E-state index in [-0.39, 0.29) is 16.9 Å². The summed E-state index contributed by atoms with van der Waals surface area (Å²) in [4.78, 5) is 10.9. The highest BCUT2D eigenvalue weighted by atomic mass is 79.9. The van der Waals surface area contributed by atoms with E-state index in [1.165, 1.54) is 24.3 Å². The van der Waals surface area contributed by atoms with Crippen LogP contribution in [0.25, 0.3) is 11.1 Å². The zero-order chi connectivity index (χ0) is 13.3. The molecule has 92 valence electrons. The molecule has 0 atom stereocenters. The van der Waals surface area contributed by atoms with Crippen LogP contribution >= 0.6 is 15.9 Å². The van der Waals surface area contributed by atoms with E-state index in [2.05, 4.69) is 15.9 Å². The second-order valence-electron chi connectivity index (χ2n) is 3.64. The number of benzene rings is 2. The van der Waals surface area contributed by atoms with Crippen molar-refractivity contribution in [3.63, 3.8) is 0 Å². The van der Waals surface area contributed by atoms with E-state index in [1.54, 1.807) is 12.1 Å². The Morgan fingerprint density at radius 1 is 1.22 bits per heavy atom. The predicted molar refractivity (Wildman–Crippen MR) is 68.2 cm³/mol. The Bertz CT molecular complexity index is 626. The molecule has 0 unspecified atom stereocenters. The van der Waals surface area contributed by atoms with Crippen LogP contribution < -0.4 is 0 Å². The molecule has 0 aliphatic heterocycles. The molecule has 0 aliphatic rings. The summed E-state index contributed by atoms with van der Waals surface area (Å²) in [6.45, 7) is 0. The molecule has 0 spiro atoms. The molecule has 2 rings (SSSR count). The number of halogens is 2. The maximum absolute atomic E-state index is 13.9. The summed E-state index contributed by atoms with van der Waals surface area (Å²) in [5.41, 5.74) is 0.405. The van der Waals surface area contributed by atoms with Gasteiger partial charge in [-0.15, -0.1) is 0 Å². The maximum Gasteiger partial charge on any atom is 0.339 e. The lowest BCUT2D eigenvalue weighted by Gasteiger charge is -2.07. The fourth-order valence-corrected chi connectivity index (χ4v) is 1.97. The third-order valence-corrected chi connectivity index (χ3v) is 3.10. The first kappa shape index (κ1) is 12.6. The summed E-state index contributed by atoms with van der Waals surface area (Å²) >= 11 is 3.06. The van der Waals surface area contributed by atoms with Gasteiger partial charge in [-0.1, -0.05) is 18.2 Å². The summed E-state index contributed by atoms with van der Waals surface area (Å²) in [6.07, 6.45) is 0.